The van der Waals surface area contributed by atoms with Crippen molar-refractivity contribution in [1.82, 2.24) is 14.5 Å². The molecule has 3 aromatic rings. The van der Waals surface area contributed by atoms with Crippen LogP contribution in [0.4, 0.5) is 0 Å². The van der Waals surface area contributed by atoms with Crippen molar-refractivity contribution in [3.8, 4) is 0 Å². The molecule has 0 saturated heterocycles. The van der Waals surface area contributed by atoms with Crippen LogP contribution in [0, 0.1) is 0 Å². The Kier molecular flexibility index (Phi) is 2.57. The molecule has 4 nitrogen and oxygen atoms in total. The van der Waals surface area contributed by atoms with Gasteiger partial charge in [-0.1, -0.05) is 0 Å². The zero-order chi connectivity index (χ0) is 11.7. The minimum atomic E-state index is 0.381. The third-order valence-electron chi connectivity index (χ3n) is 2.67. The third kappa shape index (κ3) is 1.80. The SMILES string of the molecule is ClCc1nc2cnccc2n1Cc1ccoc1. The molecule has 0 aliphatic rings. The topological polar surface area (TPSA) is 43.9 Å². The second-order valence-electron chi connectivity index (χ2n) is 3.74. The lowest BCUT2D eigenvalue weighted by Gasteiger charge is -2.05. The van der Waals surface area contributed by atoms with Crippen molar-refractivity contribution in [2.45, 2.75) is 12.4 Å². The largest absolute Gasteiger partial charge is 0.472 e. The van der Waals surface area contributed by atoms with E-state index in [0.29, 0.717) is 12.4 Å². The summed E-state index contributed by atoms with van der Waals surface area (Å²) < 4.78 is 7.15. The standard InChI is InChI=1S/C12H10ClN3O/c13-5-12-15-10-6-14-3-1-11(10)16(12)7-9-2-4-17-8-9/h1-4,6,8H,5,7H2. The summed E-state index contributed by atoms with van der Waals surface area (Å²) in [5.41, 5.74) is 3.00. The van der Waals surface area contributed by atoms with Crippen molar-refractivity contribution in [2.75, 3.05) is 0 Å². The van der Waals surface area contributed by atoms with E-state index in [9.17, 15) is 0 Å². The monoisotopic (exact) mass is 247 g/mol. The number of aromatic nitrogens is 3. The predicted octanol–water partition coefficient (Wildman–Crippen LogP) is 2.81. The first kappa shape index (κ1) is 10.4. The molecule has 0 N–H and O–H groups in total. The lowest BCUT2D eigenvalue weighted by Crippen LogP contribution is -2.02. The smallest absolute Gasteiger partial charge is 0.125 e. The van der Waals surface area contributed by atoms with Gasteiger partial charge in [0.05, 0.1) is 36.7 Å². The average Bonchev–Trinajstić information content (AvgIpc) is 2.98. The zero-order valence-electron chi connectivity index (χ0n) is 9.01. The van der Waals surface area contributed by atoms with Gasteiger partial charge < -0.3 is 8.98 Å². The number of hydrogen-bond acceptors (Lipinski definition) is 3. The number of nitrogens with zero attached hydrogens (tertiary/aromatic N) is 3. The molecule has 0 fully saturated rings. The van der Waals surface area contributed by atoms with E-state index in [-0.39, 0.29) is 0 Å². The highest BCUT2D eigenvalue weighted by Gasteiger charge is 2.10. The molecule has 17 heavy (non-hydrogen) atoms. The lowest BCUT2D eigenvalue weighted by molar-refractivity contribution is 0.562. The van der Waals surface area contributed by atoms with Crippen molar-refractivity contribution < 1.29 is 4.42 Å². The molecule has 3 heterocycles. The molecule has 86 valence electrons. The first-order valence-electron chi connectivity index (χ1n) is 5.24. The summed E-state index contributed by atoms with van der Waals surface area (Å²) in [5.74, 6) is 1.22. The van der Waals surface area contributed by atoms with E-state index in [4.69, 9.17) is 16.0 Å². The fraction of sp³-hybridized carbons (Fsp3) is 0.167. The summed E-state index contributed by atoms with van der Waals surface area (Å²) in [7, 11) is 0. The lowest BCUT2D eigenvalue weighted by atomic mass is 10.3. The highest BCUT2D eigenvalue weighted by Crippen LogP contribution is 2.18. The molecule has 0 spiro atoms. The van der Waals surface area contributed by atoms with Crippen LogP contribution in [0.25, 0.3) is 11.0 Å². The first-order valence-corrected chi connectivity index (χ1v) is 5.78. The van der Waals surface area contributed by atoms with Crippen LogP contribution in [-0.2, 0) is 12.4 Å². The molecule has 0 bridgehead atoms. The van der Waals surface area contributed by atoms with Crippen LogP contribution < -0.4 is 0 Å². The predicted molar refractivity (Wildman–Crippen MR) is 64.9 cm³/mol. The molecule has 0 amide bonds. The van der Waals surface area contributed by atoms with Gasteiger partial charge in [0.1, 0.15) is 11.3 Å². The molecule has 3 aromatic heterocycles. The molecule has 0 unspecified atom stereocenters. The Labute approximate surface area is 103 Å². The molecule has 0 atom stereocenters. The number of alkyl halides is 1. The Hall–Kier alpha value is -1.81. The molecular formula is C12H10ClN3O. The average molecular weight is 248 g/mol. The van der Waals surface area contributed by atoms with E-state index in [1.807, 2.05) is 12.1 Å². The number of imidazole rings is 1. The number of fused-ring (bicyclic) bond motifs is 1. The maximum Gasteiger partial charge on any atom is 0.125 e. The van der Waals surface area contributed by atoms with Crippen LogP contribution in [0.1, 0.15) is 11.4 Å². The summed E-state index contributed by atoms with van der Waals surface area (Å²) in [5, 5.41) is 0. The molecule has 5 heteroatoms. The van der Waals surface area contributed by atoms with E-state index in [2.05, 4.69) is 14.5 Å². The summed E-state index contributed by atoms with van der Waals surface area (Å²) in [4.78, 5) is 8.51. The Bertz CT molecular complexity index is 630. The molecular weight excluding hydrogens is 238 g/mol. The van der Waals surface area contributed by atoms with Gasteiger partial charge in [-0.2, -0.15) is 0 Å². The second-order valence-corrected chi connectivity index (χ2v) is 4.01. The second kappa shape index (κ2) is 4.22. The van der Waals surface area contributed by atoms with Crippen molar-refractivity contribution in [3.63, 3.8) is 0 Å². The number of rotatable bonds is 3. The van der Waals surface area contributed by atoms with E-state index >= 15 is 0 Å². The number of furan rings is 1. The maximum atomic E-state index is 5.92. The van der Waals surface area contributed by atoms with Crippen molar-refractivity contribution in [3.05, 3.63) is 48.4 Å². The third-order valence-corrected chi connectivity index (χ3v) is 2.91. The fourth-order valence-electron chi connectivity index (χ4n) is 1.88. The van der Waals surface area contributed by atoms with Gasteiger partial charge in [-0.05, 0) is 12.1 Å². The van der Waals surface area contributed by atoms with Gasteiger partial charge in [0, 0.05) is 11.8 Å². The summed E-state index contributed by atoms with van der Waals surface area (Å²) in [6, 6.07) is 3.88. The molecule has 0 radical (unpaired) electrons. The number of pyridine rings is 1. The number of halogens is 1. The van der Waals surface area contributed by atoms with Crippen LogP contribution in [0.3, 0.4) is 0 Å². The van der Waals surface area contributed by atoms with Gasteiger partial charge >= 0.3 is 0 Å². The molecule has 3 rings (SSSR count). The number of hydrogen-bond donors (Lipinski definition) is 0. The van der Waals surface area contributed by atoms with E-state index in [1.54, 1.807) is 24.9 Å². The molecule has 0 aromatic carbocycles. The van der Waals surface area contributed by atoms with Crippen LogP contribution in [0.5, 0.6) is 0 Å². The van der Waals surface area contributed by atoms with E-state index in [1.165, 1.54) is 0 Å². The molecule has 0 aliphatic heterocycles. The van der Waals surface area contributed by atoms with Gasteiger partial charge in [-0.25, -0.2) is 4.98 Å². The van der Waals surface area contributed by atoms with Crippen LogP contribution >= 0.6 is 11.6 Å². The summed E-state index contributed by atoms with van der Waals surface area (Å²) in [6.07, 6.45) is 6.90. The van der Waals surface area contributed by atoms with Crippen molar-refractivity contribution in [2.24, 2.45) is 0 Å². The van der Waals surface area contributed by atoms with Gasteiger partial charge in [-0.3, -0.25) is 4.98 Å². The van der Waals surface area contributed by atoms with Gasteiger partial charge in [0.15, 0.2) is 0 Å². The molecule has 0 saturated carbocycles. The Morgan fingerprint density at radius 2 is 2.29 bits per heavy atom. The zero-order valence-corrected chi connectivity index (χ0v) is 9.76. The highest BCUT2D eigenvalue weighted by molar-refractivity contribution is 6.16. The maximum absolute atomic E-state index is 5.92. The van der Waals surface area contributed by atoms with Crippen LogP contribution in [0.15, 0.2) is 41.5 Å². The Balaban J connectivity index is 2.12. The van der Waals surface area contributed by atoms with Gasteiger partial charge in [0.25, 0.3) is 0 Å². The Morgan fingerprint density at radius 1 is 1.35 bits per heavy atom. The van der Waals surface area contributed by atoms with Crippen LogP contribution in [0.2, 0.25) is 0 Å². The van der Waals surface area contributed by atoms with Crippen LogP contribution in [-0.4, -0.2) is 14.5 Å². The first-order chi connectivity index (χ1) is 8.38. The minimum absolute atomic E-state index is 0.381. The fourth-order valence-corrected chi connectivity index (χ4v) is 2.08. The normalized spacial score (nSPS) is 11.1. The quantitative estimate of drug-likeness (QED) is 0.669. The highest BCUT2D eigenvalue weighted by atomic mass is 35.5. The van der Waals surface area contributed by atoms with Gasteiger partial charge in [-0.15, -0.1) is 11.6 Å². The van der Waals surface area contributed by atoms with E-state index in [0.717, 1.165) is 22.4 Å². The summed E-state index contributed by atoms with van der Waals surface area (Å²) in [6.45, 7) is 0.707. The minimum Gasteiger partial charge on any atom is -0.472 e. The van der Waals surface area contributed by atoms with Crippen molar-refractivity contribution in [1.29, 1.82) is 0 Å². The van der Waals surface area contributed by atoms with Gasteiger partial charge in [0.2, 0.25) is 0 Å². The Morgan fingerprint density at radius 3 is 3.06 bits per heavy atom. The van der Waals surface area contributed by atoms with E-state index < -0.39 is 0 Å². The molecule has 0 aliphatic carbocycles. The van der Waals surface area contributed by atoms with Crippen molar-refractivity contribution >= 4 is 22.6 Å². The summed E-state index contributed by atoms with van der Waals surface area (Å²) >= 11 is 5.92.